The van der Waals surface area contributed by atoms with Crippen molar-refractivity contribution in [2.45, 2.75) is 97.2 Å². The highest BCUT2D eigenvalue weighted by molar-refractivity contribution is 5.87. The summed E-state index contributed by atoms with van der Waals surface area (Å²) >= 11 is 0. The first-order valence-electron chi connectivity index (χ1n) is 24.7. The fourth-order valence-corrected chi connectivity index (χ4v) is 12.5. The van der Waals surface area contributed by atoms with E-state index in [1.165, 1.54) is 84.1 Å². The Kier molecular flexibility index (Phi) is 9.66. The Morgan fingerprint density at radius 3 is 1.88 bits per heavy atom. The predicted molar refractivity (Wildman–Crippen MR) is 280 cm³/mol. The summed E-state index contributed by atoms with van der Waals surface area (Å²) < 4.78 is 2.59. The lowest BCUT2D eigenvalue weighted by atomic mass is 9.76. The molecule has 4 nitrogen and oxygen atoms in total. The molecule has 4 atom stereocenters. The van der Waals surface area contributed by atoms with Crippen LogP contribution in [0, 0.1) is 5.92 Å². The summed E-state index contributed by atoms with van der Waals surface area (Å²) in [6.07, 6.45) is 8.00. The van der Waals surface area contributed by atoms with Crippen molar-refractivity contribution in [1.82, 2.24) is 0 Å². The van der Waals surface area contributed by atoms with Crippen LogP contribution in [-0.2, 0) is 5.41 Å². The Bertz CT molecular complexity index is 3190. The standard InChI is InChI=1S/C63H61N4/c1-39(2)49-22-16-24-51-41(5)52-20-14-15-37-64-42(6)53-25-17-23-50(40(3)4)59(53)67-61(66(58(49)51)60(52)62(64)67)45-29-33-47(34-30-45)65(46-31-27-44(28-32-46)43-18-10-9-11-19-43)48-35-36-55-54-21-12-13-26-56(54)63(7,8)57(55)38-48/h9-19,21-42,52,61H,20H2,1-8H3/q+1/b15-14+,64-37-. The second kappa shape index (κ2) is 15.6. The van der Waals surface area contributed by atoms with E-state index in [0.29, 0.717) is 23.7 Å². The highest BCUT2D eigenvalue weighted by Crippen LogP contribution is 2.61. The highest BCUT2D eigenvalue weighted by Gasteiger charge is 2.58. The van der Waals surface area contributed by atoms with E-state index in [1.807, 2.05) is 0 Å². The first kappa shape index (κ1) is 41.5. The van der Waals surface area contributed by atoms with Crippen molar-refractivity contribution in [1.29, 1.82) is 0 Å². The maximum atomic E-state index is 2.80. The molecular weight excluding hydrogens is 813 g/mol. The third-order valence-electron chi connectivity index (χ3n) is 16.0. The number of nitrogens with zero attached hydrogens (tertiary/aromatic N) is 4. The SMILES string of the molecule is CC(C)c1cccc2c1N1C3=C4N(c5c(C(C)C)cccc5C(C)/[N+]4=C/C=C/CC3C2C)C1c1ccc(N(c2ccc(-c3ccccc3)cc2)c2ccc3c(c2)C(C)(C)c2ccccc2-3)cc1. The molecule has 4 aliphatic heterocycles. The van der Waals surface area contributed by atoms with E-state index in [0.717, 1.165) is 23.5 Å². The Hall–Kier alpha value is -6.91. The number of hydrogen-bond acceptors (Lipinski definition) is 3. The van der Waals surface area contributed by atoms with Gasteiger partial charge in [-0.3, -0.25) is 4.90 Å². The van der Waals surface area contributed by atoms with Gasteiger partial charge in [-0.05, 0) is 118 Å². The van der Waals surface area contributed by atoms with Crippen LogP contribution in [0.1, 0.15) is 131 Å². The van der Waals surface area contributed by atoms with Gasteiger partial charge in [-0.25, -0.2) is 4.58 Å². The van der Waals surface area contributed by atoms with E-state index in [-0.39, 0.29) is 17.6 Å². The number of rotatable bonds is 7. The van der Waals surface area contributed by atoms with E-state index in [9.17, 15) is 0 Å². The molecule has 0 bridgehead atoms. The first-order valence-corrected chi connectivity index (χ1v) is 24.7. The summed E-state index contributed by atoms with van der Waals surface area (Å²) in [6, 6.07) is 59.9. The molecule has 67 heavy (non-hydrogen) atoms. The molecule has 5 aliphatic rings. The van der Waals surface area contributed by atoms with Crippen molar-refractivity contribution in [2.24, 2.45) is 5.92 Å². The molecule has 1 aliphatic carbocycles. The van der Waals surface area contributed by atoms with Gasteiger partial charge in [0, 0.05) is 45.1 Å². The molecule has 4 heterocycles. The summed E-state index contributed by atoms with van der Waals surface area (Å²) in [7, 11) is 0. The van der Waals surface area contributed by atoms with Crippen LogP contribution in [0.15, 0.2) is 181 Å². The largest absolute Gasteiger partial charge is 0.310 e. The van der Waals surface area contributed by atoms with Crippen LogP contribution in [0.4, 0.5) is 28.4 Å². The third kappa shape index (κ3) is 6.21. The number of hydrogen-bond donors (Lipinski definition) is 0. The van der Waals surface area contributed by atoms with Gasteiger partial charge in [0.15, 0.2) is 0 Å². The first-order chi connectivity index (χ1) is 32.5. The average Bonchev–Trinajstić information content (AvgIpc) is 3.80. The van der Waals surface area contributed by atoms with Crippen molar-refractivity contribution < 1.29 is 4.58 Å². The van der Waals surface area contributed by atoms with Gasteiger partial charge in [0.1, 0.15) is 17.4 Å². The molecule has 0 radical (unpaired) electrons. The lowest BCUT2D eigenvalue weighted by Crippen LogP contribution is -2.41. The zero-order chi connectivity index (χ0) is 45.9. The zero-order valence-electron chi connectivity index (χ0n) is 40.2. The highest BCUT2D eigenvalue weighted by atomic mass is 15.5. The molecule has 0 spiro atoms. The van der Waals surface area contributed by atoms with Crippen LogP contribution in [0.25, 0.3) is 22.3 Å². The minimum atomic E-state index is -0.117. The average molecular weight is 874 g/mol. The smallest absolute Gasteiger partial charge is 0.304 e. The maximum absolute atomic E-state index is 2.80. The van der Waals surface area contributed by atoms with Crippen LogP contribution >= 0.6 is 0 Å². The molecule has 0 fully saturated rings. The van der Waals surface area contributed by atoms with Gasteiger partial charge in [-0.15, -0.1) is 0 Å². The minimum absolute atomic E-state index is 0.0919. The normalized spacial score (nSPS) is 21.7. The summed E-state index contributed by atoms with van der Waals surface area (Å²) in [5.41, 5.74) is 22.4. The second-order valence-electron chi connectivity index (χ2n) is 20.7. The molecule has 0 saturated carbocycles. The Morgan fingerprint density at radius 2 is 1.18 bits per heavy atom. The van der Waals surface area contributed by atoms with Crippen LogP contribution < -0.4 is 14.7 Å². The number of anilines is 5. The lowest BCUT2D eigenvalue weighted by Gasteiger charge is -2.42. The van der Waals surface area contributed by atoms with Crippen LogP contribution in [0.3, 0.4) is 0 Å². The van der Waals surface area contributed by atoms with E-state index in [2.05, 4.69) is 251 Å². The lowest BCUT2D eigenvalue weighted by molar-refractivity contribution is -0.521. The Morgan fingerprint density at radius 1 is 0.582 bits per heavy atom. The maximum Gasteiger partial charge on any atom is 0.304 e. The fourth-order valence-electron chi connectivity index (χ4n) is 12.5. The van der Waals surface area contributed by atoms with Crippen LogP contribution in [0.5, 0.6) is 0 Å². The van der Waals surface area contributed by atoms with Gasteiger partial charge in [-0.2, -0.15) is 4.90 Å². The van der Waals surface area contributed by atoms with E-state index < -0.39 is 0 Å². The molecule has 0 aromatic heterocycles. The van der Waals surface area contributed by atoms with E-state index >= 15 is 0 Å². The molecule has 7 aromatic carbocycles. The van der Waals surface area contributed by atoms with E-state index in [4.69, 9.17) is 0 Å². The molecule has 0 amide bonds. The predicted octanol–water partition coefficient (Wildman–Crippen LogP) is 16.4. The molecule has 7 aromatic rings. The van der Waals surface area contributed by atoms with Gasteiger partial charge in [-0.1, -0.05) is 176 Å². The van der Waals surface area contributed by atoms with Crippen LogP contribution in [0.2, 0.25) is 0 Å². The summed E-state index contributed by atoms with van der Waals surface area (Å²) in [4.78, 5) is 8.03. The van der Waals surface area contributed by atoms with Crippen molar-refractivity contribution >= 4 is 34.7 Å². The molecule has 4 unspecified atom stereocenters. The quantitative estimate of drug-likeness (QED) is 0.148. The topological polar surface area (TPSA) is 12.7 Å². The molecule has 0 saturated heterocycles. The number of fused-ring (bicyclic) bond motifs is 7. The zero-order valence-corrected chi connectivity index (χ0v) is 40.2. The Labute approximate surface area is 397 Å². The van der Waals surface area contributed by atoms with Gasteiger partial charge < -0.3 is 4.90 Å². The minimum Gasteiger partial charge on any atom is -0.310 e. The second-order valence-corrected chi connectivity index (χ2v) is 20.7. The van der Waals surface area contributed by atoms with Crippen molar-refractivity contribution in [2.75, 3.05) is 14.7 Å². The van der Waals surface area contributed by atoms with Crippen LogP contribution in [-0.4, -0.2) is 10.8 Å². The summed E-state index contributed by atoms with van der Waals surface area (Å²) in [5.74, 6) is 2.76. The van der Waals surface area contributed by atoms with Gasteiger partial charge in [0.25, 0.3) is 0 Å². The third-order valence-corrected chi connectivity index (χ3v) is 16.0. The molecular formula is C63H61N4+. The molecule has 12 rings (SSSR count). The van der Waals surface area contributed by atoms with Gasteiger partial charge in [0.05, 0.1) is 11.9 Å². The van der Waals surface area contributed by atoms with Crippen molar-refractivity contribution in [3.05, 3.63) is 220 Å². The fraction of sp³-hybridized carbons (Fsp3) is 0.254. The molecule has 0 N–H and O–H groups in total. The Balaban J connectivity index is 1.06. The van der Waals surface area contributed by atoms with Crippen molar-refractivity contribution in [3.63, 3.8) is 0 Å². The summed E-state index contributed by atoms with van der Waals surface area (Å²) in [5, 5.41) is 0. The van der Waals surface area contributed by atoms with Crippen molar-refractivity contribution in [3.8, 4) is 22.3 Å². The monoisotopic (exact) mass is 873 g/mol. The molecule has 4 heteroatoms. The van der Waals surface area contributed by atoms with E-state index in [1.54, 1.807) is 0 Å². The number of para-hydroxylation sites is 2. The number of allylic oxidation sites excluding steroid dienone is 3. The molecule has 332 valence electrons. The van der Waals surface area contributed by atoms with Gasteiger partial charge in [0.2, 0.25) is 6.17 Å². The number of benzene rings is 7. The van der Waals surface area contributed by atoms with Gasteiger partial charge >= 0.3 is 5.82 Å². The summed E-state index contributed by atoms with van der Waals surface area (Å²) in [6.45, 7) is 19.1.